The number of carbonyl (C=O) groups is 2. The molecule has 0 aliphatic heterocycles. The van der Waals surface area contributed by atoms with Crippen molar-refractivity contribution in [1.29, 1.82) is 0 Å². The molecule has 1 fully saturated rings. The van der Waals surface area contributed by atoms with E-state index in [2.05, 4.69) is 10.3 Å². The van der Waals surface area contributed by atoms with Crippen LogP contribution >= 0.6 is 0 Å². The summed E-state index contributed by atoms with van der Waals surface area (Å²) in [5, 5.41) is 11.5. The molecule has 1 saturated carbocycles. The van der Waals surface area contributed by atoms with Crippen molar-refractivity contribution in [2.75, 3.05) is 0 Å². The molecule has 0 bridgehead atoms. The van der Waals surface area contributed by atoms with E-state index < -0.39 is 17.9 Å². The lowest BCUT2D eigenvalue weighted by molar-refractivity contribution is -0.139. The molecule has 1 amide bonds. The molecule has 5 heteroatoms. The molecular weight excluding hydrogens is 220 g/mol. The smallest absolute Gasteiger partial charge is 0.326 e. The maximum atomic E-state index is 11.7. The van der Waals surface area contributed by atoms with Gasteiger partial charge in [0, 0.05) is 6.20 Å². The number of amides is 1. The highest BCUT2D eigenvalue weighted by molar-refractivity contribution is 5.94. The molecule has 1 atom stereocenters. The van der Waals surface area contributed by atoms with E-state index in [4.69, 9.17) is 5.11 Å². The maximum absolute atomic E-state index is 11.7. The molecule has 2 N–H and O–H groups in total. The molecule has 1 aromatic rings. The quantitative estimate of drug-likeness (QED) is 0.798. The number of nitrogens with one attached hydrogen (secondary N) is 1. The van der Waals surface area contributed by atoms with Crippen LogP contribution in [0.1, 0.15) is 29.8 Å². The molecular formula is C12H14N2O3. The van der Waals surface area contributed by atoms with Crippen molar-refractivity contribution in [3.8, 4) is 0 Å². The Labute approximate surface area is 98.9 Å². The molecule has 0 saturated heterocycles. The molecule has 0 spiro atoms. The molecule has 1 aliphatic rings. The molecule has 2 rings (SSSR count). The fourth-order valence-corrected chi connectivity index (χ4v) is 1.64. The van der Waals surface area contributed by atoms with Crippen LogP contribution < -0.4 is 5.32 Å². The van der Waals surface area contributed by atoms with Crippen molar-refractivity contribution < 1.29 is 14.7 Å². The van der Waals surface area contributed by atoms with E-state index >= 15 is 0 Å². The van der Waals surface area contributed by atoms with Crippen LogP contribution in [-0.4, -0.2) is 28.0 Å². The molecule has 0 radical (unpaired) electrons. The summed E-state index contributed by atoms with van der Waals surface area (Å²) in [4.78, 5) is 26.6. The van der Waals surface area contributed by atoms with Crippen molar-refractivity contribution in [2.24, 2.45) is 5.92 Å². The summed E-state index contributed by atoms with van der Waals surface area (Å²) in [5.41, 5.74) is 0.245. The summed E-state index contributed by atoms with van der Waals surface area (Å²) < 4.78 is 0. The van der Waals surface area contributed by atoms with Gasteiger partial charge < -0.3 is 10.4 Å². The van der Waals surface area contributed by atoms with Crippen LogP contribution in [0.4, 0.5) is 0 Å². The van der Waals surface area contributed by atoms with Crippen LogP contribution in [-0.2, 0) is 4.79 Å². The normalized spacial score (nSPS) is 16.2. The molecule has 5 nitrogen and oxygen atoms in total. The predicted molar refractivity (Wildman–Crippen MR) is 60.5 cm³/mol. The van der Waals surface area contributed by atoms with Crippen molar-refractivity contribution in [3.05, 3.63) is 30.1 Å². The van der Waals surface area contributed by atoms with Gasteiger partial charge in [0.25, 0.3) is 5.91 Å². The van der Waals surface area contributed by atoms with Crippen molar-refractivity contribution in [2.45, 2.75) is 25.3 Å². The summed E-state index contributed by atoms with van der Waals surface area (Å²) in [5.74, 6) is -0.972. The monoisotopic (exact) mass is 234 g/mol. The minimum absolute atomic E-state index is 0.245. The topological polar surface area (TPSA) is 79.3 Å². The first-order valence-corrected chi connectivity index (χ1v) is 5.61. The summed E-state index contributed by atoms with van der Waals surface area (Å²) in [6, 6.07) is 4.15. The van der Waals surface area contributed by atoms with Gasteiger partial charge in [-0.2, -0.15) is 0 Å². The number of hydrogen-bond donors (Lipinski definition) is 2. The second kappa shape index (κ2) is 4.95. The van der Waals surface area contributed by atoms with Gasteiger partial charge in [0.15, 0.2) is 0 Å². The summed E-state index contributed by atoms with van der Waals surface area (Å²) in [6.07, 6.45) is 4.13. The van der Waals surface area contributed by atoms with E-state index in [9.17, 15) is 9.59 Å². The van der Waals surface area contributed by atoms with Gasteiger partial charge in [0.05, 0.1) is 0 Å². The first-order valence-electron chi connectivity index (χ1n) is 5.61. The number of aromatic nitrogens is 1. The van der Waals surface area contributed by atoms with Gasteiger partial charge in [0.2, 0.25) is 0 Å². The van der Waals surface area contributed by atoms with Gasteiger partial charge in [-0.15, -0.1) is 0 Å². The maximum Gasteiger partial charge on any atom is 0.326 e. The molecule has 17 heavy (non-hydrogen) atoms. The van der Waals surface area contributed by atoms with Gasteiger partial charge in [0.1, 0.15) is 11.7 Å². The van der Waals surface area contributed by atoms with Crippen LogP contribution in [0.25, 0.3) is 0 Å². The molecule has 90 valence electrons. The fraction of sp³-hybridized carbons (Fsp3) is 0.417. The Hall–Kier alpha value is -1.91. The Balaban J connectivity index is 1.97. The summed E-state index contributed by atoms with van der Waals surface area (Å²) in [7, 11) is 0. The Kier molecular flexibility index (Phi) is 3.37. The van der Waals surface area contributed by atoms with Crippen LogP contribution in [0.2, 0.25) is 0 Å². The Morgan fingerprint density at radius 3 is 2.76 bits per heavy atom. The summed E-state index contributed by atoms with van der Waals surface area (Å²) >= 11 is 0. The van der Waals surface area contributed by atoms with E-state index in [0.717, 1.165) is 12.8 Å². The highest BCUT2D eigenvalue weighted by Gasteiger charge is 2.30. The molecule has 0 aromatic carbocycles. The largest absolute Gasteiger partial charge is 0.480 e. The van der Waals surface area contributed by atoms with Crippen molar-refractivity contribution in [3.63, 3.8) is 0 Å². The lowest BCUT2D eigenvalue weighted by atomic mass is 10.1. The van der Waals surface area contributed by atoms with Crippen molar-refractivity contribution >= 4 is 11.9 Å². The summed E-state index contributed by atoms with van der Waals surface area (Å²) in [6.45, 7) is 0. The number of carbonyl (C=O) groups excluding carboxylic acids is 1. The van der Waals surface area contributed by atoms with Gasteiger partial charge in [-0.25, -0.2) is 4.79 Å². The van der Waals surface area contributed by atoms with E-state index in [-0.39, 0.29) is 5.69 Å². The number of nitrogens with zero attached hydrogens (tertiary/aromatic N) is 1. The van der Waals surface area contributed by atoms with Crippen LogP contribution in [0, 0.1) is 5.92 Å². The lowest BCUT2D eigenvalue weighted by Crippen LogP contribution is -2.41. The lowest BCUT2D eigenvalue weighted by Gasteiger charge is -2.13. The number of carboxylic acid groups (broad SMARTS) is 1. The minimum Gasteiger partial charge on any atom is -0.480 e. The van der Waals surface area contributed by atoms with Crippen LogP contribution in [0.3, 0.4) is 0 Å². The first kappa shape index (κ1) is 11.6. The second-order valence-electron chi connectivity index (χ2n) is 4.26. The molecule has 0 unspecified atom stereocenters. The zero-order chi connectivity index (χ0) is 12.3. The van der Waals surface area contributed by atoms with Gasteiger partial charge in [-0.1, -0.05) is 18.9 Å². The van der Waals surface area contributed by atoms with Crippen LogP contribution in [0.15, 0.2) is 24.4 Å². The van der Waals surface area contributed by atoms with Gasteiger partial charge in [-0.3, -0.25) is 9.78 Å². The van der Waals surface area contributed by atoms with E-state index in [0.29, 0.717) is 12.3 Å². The van der Waals surface area contributed by atoms with Crippen molar-refractivity contribution in [1.82, 2.24) is 10.3 Å². The number of hydrogen-bond acceptors (Lipinski definition) is 3. The SMILES string of the molecule is O=C(N[C@@H](CC1CC1)C(=O)O)c1ccccn1. The Morgan fingerprint density at radius 2 is 2.24 bits per heavy atom. The average molecular weight is 234 g/mol. The third kappa shape index (κ3) is 3.27. The molecule has 1 aromatic heterocycles. The Morgan fingerprint density at radius 1 is 1.47 bits per heavy atom. The average Bonchev–Trinajstić information content (AvgIpc) is 3.13. The highest BCUT2D eigenvalue weighted by Crippen LogP contribution is 2.33. The molecule has 1 aliphatic carbocycles. The van der Waals surface area contributed by atoms with Gasteiger partial charge >= 0.3 is 5.97 Å². The fourth-order valence-electron chi connectivity index (χ4n) is 1.64. The number of aliphatic carboxylic acids is 1. The second-order valence-corrected chi connectivity index (χ2v) is 4.26. The third-order valence-corrected chi connectivity index (χ3v) is 2.77. The predicted octanol–water partition coefficient (Wildman–Crippen LogP) is 1.06. The zero-order valence-electron chi connectivity index (χ0n) is 9.30. The zero-order valence-corrected chi connectivity index (χ0v) is 9.30. The molecule has 1 heterocycles. The highest BCUT2D eigenvalue weighted by atomic mass is 16.4. The van der Waals surface area contributed by atoms with E-state index in [1.165, 1.54) is 6.20 Å². The van der Waals surface area contributed by atoms with E-state index in [1.54, 1.807) is 18.2 Å². The third-order valence-electron chi connectivity index (χ3n) is 2.77. The number of rotatable bonds is 5. The minimum atomic E-state index is -0.985. The number of pyridine rings is 1. The Bertz CT molecular complexity index is 415. The van der Waals surface area contributed by atoms with Gasteiger partial charge in [-0.05, 0) is 24.5 Å². The first-order chi connectivity index (χ1) is 8.16. The van der Waals surface area contributed by atoms with E-state index in [1.807, 2.05) is 0 Å². The number of carboxylic acids is 1. The standard InChI is InChI=1S/C12H14N2O3/c15-11(9-3-1-2-6-13-9)14-10(12(16)17)7-8-4-5-8/h1-3,6,8,10H,4-5,7H2,(H,14,15)(H,16,17)/t10-/m0/s1. The van der Waals surface area contributed by atoms with Crippen LogP contribution in [0.5, 0.6) is 0 Å².